The number of carboxylic acids is 1. The van der Waals surface area contributed by atoms with Gasteiger partial charge in [0.15, 0.2) is 0 Å². The monoisotopic (exact) mass is 568 g/mol. The first-order valence-corrected chi connectivity index (χ1v) is 13.2. The molecular formula is C32H32N4O6. The molecule has 0 radical (unpaired) electrons. The van der Waals surface area contributed by atoms with Crippen LogP contribution >= 0.6 is 0 Å². The number of carboxylic acid groups (broad SMARTS) is 1. The molecule has 2 heterocycles. The summed E-state index contributed by atoms with van der Waals surface area (Å²) in [5, 5.41) is 16.2. The highest BCUT2D eigenvalue weighted by molar-refractivity contribution is 6.13. The third-order valence-electron chi connectivity index (χ3n) is 6.75. The van der Waals surface area contributed by atoms with Crippen LogP contribution in [0.4, 0.5) is 5.69 Å². The van der Waals surface area contributed by atoms with Crippen molar-refractivity contribution in [2.24, 2.45) is 0 Å². The van der Waals surface area contributed by atoms with E-state index in [-0.39, 0.29) is 29.8 Å². The SMILES string of the molecule is CC(=O)NCCN1C(=O)C=CC1=O.CN(C)c1ccc2c(-c3ccccc3C(=O)[O-])c3ccc(=[N+](C)C)cc-3oc2c1. The number of hydrogen-bond acceptors (Lipinski definition) is 7. The van der Waals surface area contributed by atoms with Crippen molar-refractivity contribution in [3.05, 3.63) is 83.7 Å². The normalized spacial score (nSPS) is 12.4. The molecule has 0 aromatic heterocycles. The van der Waals surface area contributed by atoms with E-state index >= 15 is 0 Å². The standard InChI is InChI=1S/C24H22N2O3.C8H10N2O3/c1-25(2)15-9-11-19-21(13-15)29-22-14-16(26(3)4)10-12-20(22)23(19)17-7-5-6-8-18(17)24(27)28;1-6(11)9-4-5-10-7(12)2-3-8(10)13/h5-14H,1-4H3;2-3H,4-5H2,1H3,(H,9,11). The molecule has 0 bridgehead atoms. The molecule has 0 saturated heterocycles. The third kappa shape index (κ3) is 6.38. The Morgan fingerprint density at radius 3 is 2.26 bits per heavy atom. The number of rotatable bonds is 6. The van der Waals surface area contributed by atoms with Gasteiger partial charge in [-0.2, -0.15) is 0 Å². The summed E-state index contributed by atoms with van der Waals surface area (Å²) in [6.45, 7) is 1.91. The molecule has 5 rings (SSSR count). The Bertz CT molecular complexity index is 1750. The molecule has 0 unspecified atom stereocenters. The topological polar surface area (TPSA) is 126 Å². The van der Waals surface area contributed by atoms with Crippen LogP contribution in [-0.4, -0.2) is 69.9 Å². The number of aromatic carboxylic acids is 1. The number of imide groups is 1. The minimum Gasteiger partial charge on any atom is -0.545 e. The Morgan fingerprint density at radius 1 is 0.952 bits per heavy atom. The number of fused-ring (bicyclic) bond motifs is 2. The highest BCUT2D eigenvalue weighted by atomic mass is 16.4. The molecule has 3 amide bonds. The predicted molar refractivity (Wildman–Crippen MR) is 159 cm³/mol. The van der Waals surface area contributed by atoms with E-state index in [1.807, 2.05) is 86.2 Å². The highest BCUT2D eigenvalue weighted by Gasteiger charge is 2.22. The molecule has 216 valence electrons. The summed E-state index contributed by atoms with van der Waals surface area (Å²) in [6.07, 6.45) is 2.44. The van der Waals surface area contributed by atoms with Gasteiger partial charge in [0.2, 0.25) is 11.3 Å². The second-order valence-corrected chi connectivity index (χ2v) is 10.1. The van der Waals surface area contributed by atoms with Crippen molar-refractivity contribution >= 4 is 40.3 Å². The molecule has 0 saturated carbocycles. The number of benzene rings is 3. The molecule has 2 aromatic rings. The third-order valence-corrected chi connectivity index (χ3v) is 6.75. The smallest absolute Gasteiger partial charge is 0.253 e. The van der Waals surface area contributed by atoms with E-state index in [9.17, 15) is 24.3 Å². The van der Waals surface area contributed by atoms with E-state index in [1.54, 1.807) is 12.1 Å². The van der Waals surface area contributed by atoms with Gasteiger partial charge in [0, 0.05) is 86.2 Å². The Hall–Kier alpha value is -5.25. The second-order valence-electron chi connectivity index (χ2n) is 10.1. The van der Waals surface area contributed by atoms with Gasteiger partial charge in [-0.15, -0.1) is 0 Å². The van der Waals surface area contributed by atoms with Crippen molar-refractivity contribution in [3.8, 4) is 22.5 Å². The maximum atomic E-state index is 11.8. The number of hydrogen-bond donors (Lipinski definition) is 1. The van der Waals surface area contributed by atoms with Gasteiger partial charge in [-0.25, -0.2) is 4.58 Å². The van der Waals surface area contributed by atoms with E-state index in [0.29, 0.717) is 23.5 Å². The van der Waals surface area contributed by atoms with Gasteiger partial charge < -0.3 is 24.5 Å². The highest BCUT2D eigenvalue weighted by Crippen LogP contribution is 2.41. The van der Waals surface area contributed by atoms with Crippen molar-refractivity contribution in [2.75, 3.05) is 46.2 Å². The average molecular weight is 569 g/mol. The van der Waals surface area contributed by atoms with E-state index < -0.39 is 5.97 Å². The lowest BCUT2D eigenvalue weighted by Gasteiger charge is -2.19. The van der Waals surface area contributed by atoms with Gasteiger partial charge in [-0.1, -0.05) is 24.3 Å². The Balaban J connectivity index is 0.000000262. The van der Waals surface area contributed by atoms with Crippen LogP contribution in [0.3, 0.4) is 0 Å². The number of carbonyl (C=O) groups excluding carboxylic acids is 4. The summed E-state index contributed by atoms with van der Waals surface area (Å²) in [4.78, 5) is 47.3. The van der Waals surface area contributed by atoms with E-state index in [4.69, 9.17) is 4.42 Å². The van der Waals surface area contributed by atoms with Crippen LogP contribution in [-0.2, 0) is 14.4 Å². The van der Waals surface area contributed by atoms with Gasteiger partial charge in [0.25, 0.3) is 11.8 Å². The van der Waals surface area contributed by atoms with Gasteiger partial charge in [-0.05, 0) is 23.8 Å². The lowest BCUT2D eigenvalue weighted by molar-refractivity contribution is -0.255. The first kappa shape index (κ1) is 29.7. The number of anilines is 1. The maximum Gasteiger partial charge on any atom is 0.253 e. The van der Waals surface area contributed by atoms with Crippen LogP contribution in [0.5, 0.6) is 0 Å². The van der Waals surface area contributed by atoms with Crippen molar-refractivity contribution in [2.45, 2.75) is 6.92 Å². The number of carbonyl (C=O) groups is 4. The van der Waals surface area contributed by atoms with E-state index in [1.165, 1.54) is 19.1 Å². The average Bonchev–Trinajstić information content (AvgIpc) is 3.27. The molecule has 1 aliphatic carbocycles. The summed E-state index contributed by atoms with van der Waals surface area (Å²) in [5.41, 5.74) is 4.17. The van der Waals surface area contributed by atoms with Gasteiger partial charge in [0.1, 0.15) is 25.4 Å². The largest absolute Gasteiger partial charge is 0.545 e. The Labute approximate surface area is 243 Å². The zero-order valence-electron chi connectivity index (χ0n) is 24.1. The van der Waals surface area contributed by atoms with Gasteiger partial charge in [-0.3, -0.25) is 19.3 Å². The number of amides is 3. The first-order chi connectivity index (χ1) is 20.0. The number of nitrogens with zero attached hydrogens (tertiary/aromatic N) is 3. The predicted octanol–water partition coefficient (Wildman–Crippen LogP) is 1.71. The molecule has 42 heavy (non-hydrogen) atoms. The van der Waals surface area contributed by atoms with Crippen molar-refractivity contribution in [3.63, 3.8) is 0 Å². The lowest BCUT2D eigenvalue weighted by Crippen LogP contribution is -2.37. The molecule has 2 aromatic carbocycles. The van der Waals surface area contributed by atoms with Crippen LogP contribution in [0.15, 0.2) is 77.2 Å². The summed E-state index contributed by atoms with van der Waals surface area (Å²) >= 11 is 0. The van der Waals surface area contributed by atoms with Gasteiger partial charge >= 0.3 is 0 Å². The molecule has 0 atom stereocenters. The summed E-state index contributed by atoms with van der Waals surface area (Å²) in [5.74, 6) is -1.32. The van der Waals surface area contributed by atoms with Crippen LogP contribution in [0.1, 0.15) is 17.3 Å². The summed E-state index contributed by atoms with van der Waals surface area (Å²) in [6, 6.07) is 18.9. The summed E-state index contributed by atoms with van der Waals surface area (Å²) in [7, 11) is 7.88. The zero-order valence-corrected chi connectivity index (χ0v) is 24.1. The van der Waals surface area contributed by atoms with Crippen molar-refractivity contribution in [1.82, 2.24) is 14.8 Å². The van der Waals surface area contributed by atoms with Crippen LogP contribution in [0.2, 0.25) is 0 Å². The molecule has 3 aliphatic rings. The maximum absolute atomic E-state index is 11.8. The minimum atomic E-state index is -1.20. The van der Waals surface area contributed by atoms with E-state index in [0.717, 1.165) is 32.5 Å². The molecule has 10 nitrogen and oxygen atoms in total. The molecule has 10 heteroatoms. The van der Waals surface area contributed by atoms with Crippen LogP contribution < -0.4 is 25.3 Å². The fourth-order valence-corrected chi connectivity index (χ4v) is 4.59. The van der Waals surface area contributed by atoms with Gasteiger partial charge in [0.05, 0.1) is 12.0 Å². The zero-order chi connectivity index (χ0) is 30.6. The first-order valence-electron chi connectivity index (χ1n) is 13.2. The second kappa shape index (κ2) is 12.5. The van der Waals surface area contributed by atoms with Crippen molar-refractivity contribution < 1.29 is 28.7 Å². The Morgan fingerprint density at radius 2 is 1.64 bits per heavy atom. The molecular weight excluding hydrogens is 536 g/mol. The molecule has 0 spiro atoms. The minimum absolute atomic E-state index is 0.162. The molecule has 2 aliphatic heterocycles. The van der Waals surface area contributed by atoms with Crippen LogP contribution in [0.25, 0.3) is 33.4 Å². The number of nitrogens with one attached hydrogen (secondary N) is 1. The fraction of sp³-hybridized carbons (Fsp3) is 0.219. The Kier molecular flexibility index (Phi) is 8.85. The lowest BCUT2D eigenvalue weighted by atomic mass is 9.90. The molecule has 1 N–H and O–H groups in total. The summed E-state index contributed by atoms with van der Waals surface area (Å²) < 4.78 is 8.28. The van der Waals surface area contributed by atoms with Crippen LogP contribution in [0, 0.1) is 0 Å². The van der Waals surface area contributed by atoms with E-state index in [2.05, 4.69) is 5.32 Å². The fourth-order valence-electron chi connectivity index (χ4n) is 4.59. The quantitative estimate of drug-likeness (QED) is 0.213. The molecule has 0 fully saturated rings. The van der Waals surface area contributed by atoms with Crippen molar-refractivity contribution in [1.29, 1.82) is 0 Å².